The number of pyridine rings is 1. The van der Waals surface area contributed by atoms with Gasteiger partial charge in [-0.15, -0.1) is 0 Å². The zero-order valence-corrected chi connectivity index (χ0v) is 10.7. The Morgan fingerprint density at radius 1 is 1.21 bits per heavy atom. The summed E-state index contributed by atoms with van der Waals surface area (Å²) in [6, 6.07) is 13.7. The number of amidine groups is 1. The predicted molar refractivity (Wildman–Crippen MR) is 75.5 cm³/mol. The third kappa shape index (κ3) is 4.10. The quantitative estimate of drug-likeness (QED) is 0.473. The number of hydrogen-bond acceptors (Lipinski definition) is 3. The number of aromatic nitrogens is 1. The van der Waals surface area contributed by atoms with Crippen LogP contribution in [0.25, 0.3) is 0 Å². The summed E-state index contributed by atoms with van der Waals surface area (Å²) >= 11 is 0. The molecular formula is C15H17N3O. The Morgan fingerprint density at radius 2 is 2.00 bits per heavy atom. The van der Waals surface area contributed by atoms with E-state index in [0.717, 1.165) is 12.8 Å². The molecule has 4 nitrogen and oxygen atoms in total. The van der Waals surface area contributed by atoms with Gasteiger partial charge in [-0.1, -0.05) is 30.3 Å². The Morgan fingerprint density at radius 3 is 2.74 bits per heavy atom. The van der Waals surface area contributed by atoms with Crippen molar-refractivity contribution in [1.29, 1.82) is 5.41 Å². The van der Waals surface area contributed by atoms with Crippen molar-refractivity contribution in [3.63, 3.8) is 0 Å². The molecule has 0 radical (unpaired) electrons. The van der Waals surface area contributed by atoms with Crippen LogP contribution in [0.5, 0.6) is 5.88 Å². The summed E-state index contributed by atoms with van der Waals surface area (Å²) in [6.45, 7) is 0.600. The van der Waals surface area contributed by atoms with Crippen LogP contribution in [0.4, 0.5) is 0 Å². The maximum atomic E-state index is 7.35. The first-order valence-electron chi connectivity index (χ1n) is 6.23. The number of nitrogen functional groups attached to an aromatic ring is 1. The van der Waals surface area contributed by atoms with Crippen molar-refractivity contribution >= 4 is 5.84 Å². The van der Waals surface area contributed by atoms with E-state index < -0.39 is 0 Å². The molecule has 1 aromatic heterocycles. The molecule has 4 heteroatoms. The van der Waals surface area contributed by atoms with E-state index in [1.54, 1.807) is 18.3 Å². The van der Waals surface area contributed by atoms with Gasteiger partial charge in [-0.2, -0.15) is 0 Å². The number of benzene rings is 1. The van der Waals surface area contributed by atoms with Crippen molar-refractivity contribution in [2.75, 3.05) is 6.61 Å². The van der Waals surface area contributed by atoms with Crippen LogP contribution in [0, 0.1) is 5.41 Å². The van der Waals surface area contributed by atoms with Gasteiger partial charge in [0.05, 0.1) is 6.61 Å². The molecule has 0 saturated carbocycles. The van der Waals surface area contributed by atoms with E-state index in [0.29, 0.717) is 18.1 Å². The SMILES string of the molecule is N=C(N)c1ccnc(OCCCc2ccccc2)c1. The molecule has 0 atom stereocenters. The molecular weight excluding hydrogens is 238 g/mol. The van der Waals surface area contributed by atoms with E-state index >= 15 is 0 Å². The monoisotopic (exact) mass is 255 g/mol. The molecule has 98 valence electrons. The highest BCUT2D eigenvalue weighted by Crippen LogP contribution is 2.10. The largest absolute Gasteiger partial charge is 0.478 e. The normalized spacial score (nSPS) is 10.1. The van der Waals surface area contributed by atoms with Crippen LogP contribution in [-0.4, -0.2) is 17.4 Å². The lowest BCUT2D eigenvalue weighted by atomic mass is 10.1. The van der Waals surface area contributed by atoms with Gasteiger partial charge in [0.25, 0.3) is 0 Å². The fraction of sp³-hybridized carbons (Fsp3) is 0.200. The summed E-state index contributed by atoms with van der Waals surface area (Å²) in [5, 5.41) is 7.35. The Hall–Kier alpha value is -2.36. The lowest BCUT2D eigenvalue weighted by Gasteiger charge is -2.06. The van der Waals surface area contributed by atoms with Crippen molar-refractivity contribution in [2.24, 2.45) is 5.73 Å². The molecule has 0 aliphatic heterocycles. The minimum absolute atomic E-state index is 0.0246. The summed E-state index contributed by atoms with van der Waals surface area (Å²) < 4.78 is 5.56. The lowest BCUT2D eigenvalue weighted by Crippen LogP contribution is -2.11. The summed E-state index contributed by atoms with van der Waals surface area (Å²) in [4.78, 5) is 4.09. The van der Waals surface area contributed by atoms with E-state index in [2.05, 4.69) is 17.1 Å². The highest BCUT2D eigenvalue weighted by atomic mass is 16.5. The van der Waals surface area contributed by atoms with E-state index in [1.807, 2.05) is 18.2 Å². The van der Waals surface area contributed by atoms with Gasteiger partial charge in [0.2, 0.25) is 5.88 Å². The second kappa shape index (κ2) is 6.54. The Kier molecular flexibility index (Phi) is 4.50. The fourth-order valence-corrected chi connectivity index (χ4v) is 1.75. The van der Waals surface area contributed by atoms with Crippen LogP contribution in [0.1, 0.15) is 17.5 Å². The smallest absolute Gasteiger partial charge is 0.213 e. The van der Waals surface area contributed by atoms with Gasteiger partial charge >= 0.3 is 0 Å². The fourth-order valence-electron chi connectivity index (χ4n) is 1.75. The molecule has 2 aromatic rings. The predicted octanol–water partition coefficient (Wildman–Crippen LogP) is 2.38. The molecule has 0 bridgehead atoms. The van der Waals surface area contributed by atoms with Gasteiger partial charge in [0.15, 0.2) is 0 Å². The van der Waals surface area contributed by atoms with Crippen LogP contribution in [0.2, 0.25) is 0 Å². The maximum Gasteiger partial charge on any atom is 0.213 e. The van der Waals surface area contributed by atoms with E-state index in [1.165, 1.54) is 5.56 Å². The summed E-state index contributed by atoms with van der Waals surface area (Å²) in [6.07, 6.45) is 3.51. The second-order valence-electron chi connectivity index (χ2n) is 4.23. The molecule has 0 unspecified atom stereocenters. The molecule has 0 amide bonds. The minimum atomic E-state index is 0.0246. The first-order chi connectivity index (χ1) is 9.25. The molecule has 0 saturated heterocycles. The molecule has 0 aliphatic carbocycles. The van der Waals surface area contributed by atoms with Gasteiger partial charge in [-0.3, -0.25) is 5.41 Å². The number of nitrogens with one attached hydrogen (secondary N) is 1. The summed E-state index contributed by atoms with van der Waals surface area (Å²) in [7, 11) is 0. The first kappa shape index (κ1) is 13.1. The third-order valence-corrected chi connectivity index (χ3v) is 2.75. The van der Waals surface area contributed by atoms with Crippen molar-refractivity contribution in [2.45, 2.75) is 12.8 Å². The summed E-state index contributed by atoms with van der Waals surface area (Å²) in [5.41, 5.74) is 7.35. The number of hydrogen-bond donors (Lipinski definition) is 2. The highest BCUT2D eigenvalue weighted by Gasteiger charge is 2.00. The van der Waals surface area contributed by atoms with Gasteiger partial charge < -0.3 is 10.5 Å². The Balaban J connectivity index is 1.80. The van der Waals surface area contributed by atoms with Gasteiger partial charge in [-0.25, -0.2) is 4.98 Å². The topological polar surface area (TPSA) is 72.0 Å². The van der Waals surface area contributed by atoms with Gasteiger partial charge in [-0.05, 0) is 24.5 Å². The molecule has 1 heterocycles. The average molecular weight is 255 g/mol. The van der Waals surface area contributed by atoms with E-state index in [9.17, 15) is 0 Å². The highest BCUT2D eigenvalue weighted by molar-refractivity contribution is 5.95. The van der Waals surface area contributed by atoms with Crippen molar-refractivity contribution in [3.8, 4) is 5.88 Å². The van der Waals surface area contributed by atoms with Crippen LogP contribution in [0.15, 0.2) is 48.7 Å². The number of nitrogens with two attached hydrogens (primary N) is 1. The second-order valence-corrected chi connectivity index (χ2v) is 4.23. The number of ether oxygens (including phenoxy) is 1. The zero-order valence-electron chi connectivity index (χ0n) is 10.7. The van der Waals surface area contributed by atoms with Crippen molar-refractivity contribution in [3.05, 3.63) is 59.8 Å². The lowest BCUT2D eigenvalue weighted by molar-refractivity contribution is 0.299. The van der Waals surface area contributed by atoms with E-state index in [4.69, 9.17) is 15.9 Å². The number of aryl methyl sites for hydroxylation is 1. The van der Waals surface area contributed by atoms with Gasteiger partial charge in [0, 0.05) is 17.8 Å². The van der Waals surface area contributed by atoms with Crippen molar-refractivity contribution in [1.82, 2.24) is 4.98 Å². The van der Waals surface area contributed by atoms with Crippen LogP contribution in [0.3, 0.4) is 0 Å². The Bertz CT molecular complexity index is 540. The molecule has 1 aromatic carbocycles. The molecule has 0 spiro atoms. The molecule has 0 fully saturated rings. The first-order valence-corrected chi connectivity index (χ1v) is 6.23. The molecule has 19 heavy (non-hydrogen) atoms. The molecule has 2 rings (SSSR count). The molecule has 3 N–H and O–H groups in total. The number of rotatable bonds is 6. The summed E-state index contributed by atoms with van der Waals surface area (Å²) in [5.74, 6) is 0.539. The van der Waals surface area contributed by atoms with Crippen molar-refractivity contribution < 1.29 is 4.74 Å². The zero-order chi connectivity index (χ0) is 13.5. The Labute approximate surface area is 112 Å². The maximum absolute atomic E-state index is 7.35. The molecule has 0 aliphatic rings. The standard InChI is InChI=1S/C15H17N3O/c16-15(17)13-8-9-18-14(11-13)19-10-4-7-12-5-2-1-3-6-12/h1-3,5-6,8-9,11H,4,7,10H2,(H3,16,17). The third-order valence-electron chi connectivity index (χ3n) is 2.75. The average Bonchev–Trinajstić information content (AvgIpc) is 2.45. The van der Waals surface area contributed by atoms with Gasteiger partial charge in [0.1, 0.15) is 5.84 Å². The van der Waals surface area contributed by atoms with Crippen LogP contribution in [-0.2, 0) is 6.42 Å². The number of nitrogens with zero attached hydrogens (tertiary/aromatic N) is 1. The minimum Gasteiger partial charge on any atom is -0.478 e. The van der Waals surface area contributed by atoms with E-state index in [-0.39, 0.29) is 5.84 Å². The van der Waals surface area contributed by atoms with Crippen LogP contribution >= 0.6 is 0 Å². The van der Waals surface area contributed by atoms with Crippen LogP contribution < -0.4 is 10.5 Å².